The van der Waals surface area contributed by atoms with E-state index in [2.05, 4.69) is 16.5 Å². The third-order valence-corrected chi connectivity index (χ3v) is 4.08. The van der Waals surface area contributed by atoms with Crippen LogP contribution in [0.2, 0.25) is 0 Å². The molecule has 3 aromatic rings. The van der Waals surface area contributed by atoms with E-state index < -0.39 is 5.97 Å². The van der Waals surface area contributed by atoms with E-state index in [4.69, 9.17) is 4.74 Å². The van der Waals surface area contributed by atoms with E-state index in [9.17, 15) is 9.18 Å². The van der Waals surface area contributed by atoms with Gasteiger partial charge in [-0.3, -0.25) is 4.98 Å². The lowest BCUT2D eigenvalue weighted by Crippen LogP contribution is -2.06. The van der Waals surface area contributed by atoms with Crippen molar-refractivity contribution in [1.82, 2.24) is 9.55 Å². The Morgan fingerprint density at radius 3 is 2.88 bits per heavy atom. The van der Waals surface area contributed by atoms with Crippen LogP contribution in [0.3, 0.4) is 0 Å². The maximum absolute atomic E-state index is 13.7. The van der Waals surface area contributed by atoms with Gasteiger partial charge in [0.05, 0.1) is 12.7 Å². The Balaban J connectivity index is 2.08. The van der Waals surface area contributed by atoms with Gasteiger partial charge < -0.3 is 9.30 Å². The van der Waals surface area contributed by atoms with Crippen molar-refractivity contribution in [2.75, 3.05) is 7.11 Å². The first kappa shape index (κ1) is 16.2. The molecule has 0 aliphatic rings. The molecule has 0 saturated heterocycles. The second-order valence-corrected chi connectivity index (χ2v) is 5.71. The molecule has 0 radical (unpaired) electrons. The summed E-state index contributed by atoms with van der Waals surface area (Å²) in [6.45, 7) is 2.96. The number of esters is 1. The number of hydrogen-bond acceptors (Lipinski definition) is 3. The Kier molecular flexibility index (Phi) is 4.60. The Hall–Kier alpha value is -2.69. The largest absolute Gasteiger partial charge is 0.465 e. The number of ether oxygens (including phenoxy) is 1. The molecule has 0 atom stereocenters. The van der Waals surface area contributed by atoms with Crippen LogP contribution in [0.5, 0.6) is 0 Å². The van der Waals surface area contributed by atoms with Crippen LogP contribution in [0, 0.1) is 5.82 Å². The van der Waals surface area contributed by atoms with Gasteiger partial charge in [0.2, 0.25) is 0 Å². The zero-order valence-electron chi connectivity index (χ0n) is 13.8. The third-order valence-electron chi connectivity index (χ3n) is 4.08. The van der Waals surface area contributed by atoms with Crippen molar-refractivity contribution in [3.8, 4) is 0 Å². The lowest BCUT2D eigenvalue weighted by atomic mass is 10.0. The normalized spacial score (nSPS) is 11.0. The first-order valence-electron chi connectivity index (χ1n) is 7.92. The van der Waals surface area contributed by atoms with Crippen LogP contribution in [0.1, 0.15) is 34.8 Å². The van der Waals surface area contributed by atoms with Gasteiger partial charge in [-0.15, -0.1) is 0 Å². The molecule has 2 heterocycles. The molecule has 1 aromatic carbocycles. The predicted octanol–water partition coefficient (Wildman–Crippen LogP) is 3.96. The second kappa shape index (κ2) is 6.83. The van der Waals surface area contributed by atoms with E-state index >= 15 is 0 Å². The molecule has 0 spiro atoms. The second-order valence-electron chi connectivity index (χ2n) is 5.71. The first-order chi connectivity index (χ1) is 11.6. The van der Waals surface area contributed by atoms with Gasteiger partial charge >= 0.3 is 5.97 Å². The molecule has 3 rings (SSSR count). The topological polar surface area (TPSA) is 44.1 Å². The minimum atomic E-state index is -0.393. The number of carbonyl (C=O) groups is 1. The fraction of sp³-hybridized carbons (Fsp3) is 0.263. The molecule has 24 heavy (non-hydrogen) atoms. The molecule has 0 fully saturated rings. The average molecular weight is 326 g/mol. The molecule has 4 nitrogen and oxygen atoms in total. The number of pyridine rings is 1. The zero-order valence-corrected chi connectivity index (χ0v) is 13.8. The van der Waals surface area contributed by atoms with Crippen LogP contribution < -0.4 is 0 Å². The van der Waals surface area contributed by atoms with Gasteiger partial charge in [-0.1, -0.05) is 6.92 Å². The van der Waals surface area contributed by atoms with Crippen molar-refractivity contribution in [1.29, 1.82) is 0 Å². The summed E-state index contributed by atoms with van der Waals surface area (Å²) < 4.78 is 20.7. The maximum atomic E-state index is 13.7. The highest BCUT2D eigenvalue weighted by atomic mass is 19.1. The number of fused-ring (bicyclic) bond motifs is 1. The van der Waals surface area contributed by atoms with Crippen LogP contribution >= 0.6 is 0 Å². The molecule has 124 valence electrons. The number of halogens is 1. The minimum Gasteiger partial charge on any atom is -0.465 e. The summed E-state index contributed by atoms with van der Waals surface area (Å²) in [4.78, 5) is 16.0. The maximum Gasteiger partial charge on any atom is 0.338 e. The Morgan fingerprint density at radius 1 is 1.29 bits per heavy atom. The molecule has 0 N–H and O–H groups in total. The van der Waals surface area contributed by atoms with Gasteiger partial charge in [0.1, 0.15) is 5.82 Å². The summed E-state index contributed by atoms with van der Waals surface area (Å²) in [5, 5.41) is 0.864. The lowest BCUT2D eigenvalue weighted by Gasteiger charge is -2.06. The minimum absolute atomic E-state index is 0.266. The molecular weight excluding hydrogens is 307 g/mol. The summed E-state index contributed by atoms with van der Waals surface area (Å²) in [7, 11) is 1.36. The van der Waals surface area contributed by atoms with Crippen LogP contribution in [-0.4, -0.2) is 22.6 Å². The van der Waals surface area contributed by atoms with Gasteiger partial charge in [0.15, 0.2) is 0 Å². The summed E-state index contributed by atoms with van der Waals surface area (Å²) in [6.07, 6.45) is 6.74. The van der Waals surface area contributed by atoms with Crippen molar-refractivity contribution in [2.45, 2.75) is 26.3 Å². The van der Waals surface area contributed by atoms with Crippen molar-refractivity contribution >= 4 is 16.9 Å². The van der Waals surface area contributed by atoms with Crippen LogP contribution in [0.4, 0.5) is 4.39 Å². The van der Waals surface area contributed by atoms with Gasteiger partial charge in [-0.25, -0.2) is 9.18 Å². The Labute approximate surface area is 139 Å². The quantitative estimate of drug-likeness (QED) is 0.667. The van der Waals surface area contributed by atoms with Crippen molar-refractivity contribution < 1.29 is 13.9 Å². The highest BCUT2D eigenvalue weighted by Crippen LogP contribution is 2.26. The number of carbonyl (C=O) groups excluding carboxylic acids is 1. The van der Waals surface area contributed by atoms with E-state index in [0.29, 0.717) is 12.0 Å². The number of aryl methyl sites for hydroxylation is 1. The van der Waals surface area contributed by atoms with Crippen molar-refractivity contribution in [3.63, 3.8) is 0 Å². The fourth-order valence-electron chi connectivity index (χ4n) is 2.99. The van der Waals surface area contributed by atoms with E-state index in [1.54, 1.807) is 30.6 Å². The van der Waals surface area contributed by atoms with Crippen LogP contribution in [0.15, 0.2) is 42.9 Å². The highest BCUT2D eigenvalue weighted by Gasteiger charge is 2.15. The Bertz CT molecular complexity index is 886. The summed E-state index contributed by atoms with van der Waals surface area (Å²) in [5.74, 6) is -0.659. The summed E-state index contributed by atoms with van der Waals surface area (Å²) >= 11 is 0. The van der Waals surface area contributed by atoms with E-state index in [-0.39, 0.29) is 5.82 Å². The predicted molar refractivity (Wildman–Crippen MR) is 90.6 cm³/mol. The zero-order chi connectivity index (χ0) is 17.1. The number of nitrogens with zero attached hydrogens (tertiary/aromatic N) is 2. The van der Waals surface area contributed by atoms with E-state index in [1.165, 1.54) is 13.2 Å². The van der Waals surface area contributed by atoms with Gasteiger partial charge in [0.25, 0.3) is 0 Å². The summed E-state index contributed by atoms with van der Waals surface area (Å²) in [6, 6.07) is 6.47. The van der Waals surface area contributed by atoms with E-state index in [0.717, 1.165) is 35.0 Å². The molecule has 0 saturated carbocycles. The monoisotopic (exact) mass is 326 g/mol. The molecule has 5 heteroatoms. The average Bonchev–Trinajstić information content (AvgIpc) is 2.92. The number of benzene rings is 1. The van der Waals surface area contributed by atoms with Gasteiger partial charge in [-0.05, 0) is 41.8 Å². The molecular formula is C19H19FN2O2. The number of aromatic nitrogens is 2. The molecule has 0 bridgehead atoms. The smallest absolute Gasteiger partial charge is 0.338 e. The lowest BCUT2D eigenvalue weighted by molar-refractivity contribution is 0.0599. The first-order valence-corrected chi connectivity index (χ1v) is 7.92. The molecule has 0 unspecified atom stereocenters. The fourth-order valence-corrected chi connectivity index (χ4v) is 2.99. The SMILES string of the molecule is CCCn1cc(Cc2cnccc2C(=O)OC)c2cc(F)ccc21. The standard InChI is InChI=1S/C19H19FN2O2/c1-3-8-22-12-14(17-10-15(20)4-5-18(17)22)9-13-11-21-7-6-16(13)19(23)24-2/h4-7,10-12H,3,8-9H2,1-2H3. The van der Waals surface area contributed by atoms with Gasteiger partial charge in [0, 0.05) is 42.5 Å². The molecule has 0 aliphatic carbocycles. The number of hydrogen-bond donors (Lipinski definition) is 0. The number of rotatable bonds is 5. The van der Waals surface area contributed by atoms with Crippen LogP contribution in [-0.2, 0) is 17.7 Å². The van der Waals surface area contributed by atoms with Crippen LogP contribution in [0.25, 0.3) is 10.9 Å². The van der Waals surface area contributed by atoms with E-state index in [1.807, 2.05) is 6.20 Å². The molecule has 2 aromatic heterocycles. The third kappa shape index (κ3) is 3.02. The molecule has 0 aliphatic heterocycles. The van der Waals surface area contributed by atoms with Gasteiger partial charge in [-0.2, -0.15) is 0 Å². The molecule has 0 amide bonds. The summed E-state index contributed by atoms with van der Waals surface area (Å²) in [5.41, 5.74) is 3.22. The van der Waals surface area contributed by atoms with Crippen molar-refractivity contribution in [3.05, 3.63) is 65.4 Å². The number of methoxy groups -OCH3 is 1. The highest BCUT2D eigenvalue weighted by molar-refractivity contribution is 5.91. The Morgan fingerprint density at radius 2 is 2.12 bits per heavy atom. The van der Waals surface area contributed by atoms with Crippen molar-refractivity contribution in [2.24, 2.45) is 0 Å².